The van der Waals surface area contributed by atoms with Gasteiger partial charge in [0.2, 0.25) is 0 Å². The average molecular weight is 381 g/mol. The van der Waals surface area contributed by atoms with Crippen molar-refractivity contribution in [3.05, 3.63) is 108 Å². The Balaban J connectivity index is 1.73. The molecule has 0 atom stereocenters. The zero-order valence-corrected chi connectivity index (χ0v) is 16.6. The van der Waals surface area contributed by atoms with Crippen molar-refractivity contribution in [3.8, 4) is 16.9 Å². The van der Waals surface area contributed by atoms with Gasteiger partial charge >= 0.3 is 0 Å². The lowest BCUT2D eigenvalue weighted by molar-refractivity contribution is 0.0950. The molecule has 2 heterocycles. The minimum atomic E-state index is -0.0812. The molecule has 0 bridgehead atoms. The summed E-state index contributed by atoms with van der Waals surface area (Å²) in [7, 11) is 0. The third-order valence-electron chi connectivity index (χ3n) is 5.06. The summed E-state index contributed by atoms with van der Waals surface area (Å²) in [4.78, 5) is 17.0. The maximum atomic E-state index is 13.0. The molecule has 144 valence electrons. The predicted octanol–water partition coefficient (Wildman–Crippen LogP) is 5.09. The van der Waals surface area contributed by atoms with Crippen LogP contribution in [0.5, 0.6) is 0 Å². The first-order valence-electron chi connectivity index (χ1n) is 9.65. The largest absolute Gasteiger partial charge is 0.348 e. The quantitative estimate of drug-likeness (QED) is 0.524. The van der Waals surface area contributed by atoms with Gasteiger partial charge in [0.05, 0.1) is 11.3 Å². The number of carbonyl (C=O) groups excluding carboxylic acids is 1. The van der Waals surface area contributed by atoms with E-state index in [1.165, 1.54) is 5.56 Å². The number of nitrogens with one attached hydrogen (secondary N) is 1. The number of carbonyl (C=O) groups is 1. The number of aryl methyl sites for hydroxylation is 1. The molecule has 0 aliphatic rings. The summed E-state index contributed by atoms with van der Waals surface area (Å²) in [6.07, 6.45) is 3.46. The number of nitrogens with zero attached hydrogens (tertiary/aromatic N) is 2. The number of hydrogen-bond donors (Lipinski definition) is 1. The summed E-state index contributed by atoms with van der Waals surface area (Å²) in [5.74, 6) is -0.0812. The molecule has 0 aliphatic heterocycles. The first-order valence-corrected chi connectivity index (χ1v) is 9.65. The van der Waals surface area contributed by atoms with Crippen molar-refractivity contribution in [3.63, 3.8) is 0 Å². The second kappa shape index (κ2) is 8.15. The fraction of sp³-hybridized carbons (Fsp3) is 0.120. The van der Waals surface area contributed by atoms with E-state index in [0.717, 1.165) is 28.2 Å². The molecule has 4 aromatic rings. The first-order chi connectivity index (χ1) is 14.1. The smallest absolute Gasteiger partial charge is 0.253 e. The number of hydrogen-bond acceptors (Lipinski definition) is 2. The van der Waals surface area contributed by atoms with Crippen LogP contribution in [0.3, 0.4) is 0 Å². The molecule has 0 unspecified atom stereocenters. The van der Waals surface area contributed by atoms with Gasteiger partial charge < -0.3 is 9.88 Å². The Bertz CT molecular complexity index is 1110. The Morgan fingerprint density at radius 3 is 2.31 bits per heavy atom. The molecule has 4 nitrogen and oxygen atoms in total. The van der Waals surface area contributed by atoms with Crippen LogP contribution in [-0.2, 0) is 6.54 Å². The van der Waals surface area contributed by atoms with E-state index in [1.807, 2.05) is 43.3 Å². The van der Waals surface area contributed by atoms with E-state index in [-0.39, 0.29) is 5.91 Å². The van der Waals surface area contributed by atoms with Gasteiger partial charge in [-0.25, -0.2) is 0 Å². The van der Waals surface area contributed by atoms with Crippen molar-refractivity contribution in [1.29, 1.82) is 0 Å². The molecule has 1 N–H and O–H groups in total. The third-order valence-corrected chi connectivity index (χ3v) is 5.06. The molecule has 0 radical (unpaired) electrons. The second-order valence-electron chi connectivity index (χ2n) is 7.10. The van der Waals surface area contributed by atoms with Crippen LogP contribution in [-0.4, -0.2) is 15.5 Å². The van der Waals surface area contributed by atoms with Gasteiger partial charge in [0.25, 0.3) is 5.91 Å². The van der Waals surface area contributed by atoms with Crippen molar-refractivity contribution in [2.24, 2.45) is 0 Å². The van der Waals surface area contributed by atoms with Gasteiger partial charge in [-0.3, -0.25) is 9.78 Å². The molecule has 0 spiro atoms. The summed E-state index contributed by atoms with van der Waals surface area (Å²) >= 11 is 0. The molecule has 0 saturated heterocycles. The van der Waals surface area contributed by atoms with Crippen LogP contribution >= 0.6 is 0 Å². The molecular formula is C25H23N3O. The van der Waals surface area contributed by atoms with Gasteiger partial charge in [0, 0.05) is 30.3 Å². The predicted molar refractivity (Wildman–Crippen MR) is 116 cm³/mol. The SMILES string of the molecule is Cc1ccc(-n2c(-c3ccccc3)cc(C(=O)NCc3ccncc3)c2C)cc1. The molecule has 0 saturated carbocycles. The summed E-state index contributed by atoms with van der Waals surface area (Å²) in [5.41, 5.74) is 6.94. The van der Waals surface area contributed by atoms with Crippen molar-refractivity contribution >= 4 is 5.91 Å². The number of amides is 1. The minimum absolute atomic E-state index is 0.0812. The lowest BCUT2D eigenvalue weighted by Gasteiger charge is -2.13. The Kier molecular flexibility index (Phi) is 5.25. The van der Waals surface area contributed by atoms with Crippen LogP contribution in [0.25, 0.3) is 16.9 Å². The Hall–Kier alpha value is -3.66. The van der Waals surface area contributed by atoms with E-state index in [2.05, 4.69) is 58.2 Å². The van der Waals surface area contributed by atoms with Gasteiger partial charge in [0.15, 0.2) is 0 Å². The molecule has 0 aliphatic carbocycles. The van der Waals surface area contributed by atoms with Gasteiger partial charge in [-0.1, -0.05) is 48.0 Å². The van der Waals surface area contributed by atoms with Crippen LogP contribution in [0.1, 0.15) is 27.2 Å². The summed E-state index contributed by atoms with van der Waals surface area (Å²) in [5, 5.41) is 3.03. The highest BCUT2D eigenvalue weighted by atomic mass is 16.1. The maximum absolute atomic E-state index is 13.0. The van der Waals surface area contributed by atoms with Gasteiger partial charge in [-0.05, 0) is 55.3 Å². The van der Waals surface area contributed by atoms with E-state index in [9.17, 15) is 4.79 Å². The standard InChI is InChI=1S/C25H23N3O/c1-18-8-10-22(11-9-18)28-19(2)23(16-24(28)21-6-4-3-5-7-21)25(29)27-17-20-12-14-26-15-13-20/h3-16H,17H2,1-2H3,(H,27,29). The van der Waals surface area contributed by atoms with Crippen molar-refractivity contribution in [2.75, 3.05) is 0 Å². The zero-order valence-electron chi connectivity index (χ0n) is 16.6. The summed E-state index contributed by atoms with van der Waals surface area (Å²) in [6, 6.07) is 24.3. The van der Waals surface area contributed by atoms with Crippen LogP contribution in [0.4, 0.5) is 0 Å². The Morgan fingerprint density at radius 1 is 0.931 bits per heavy atom. The van der Waals surface area contributed by atoms with Crippen molar-refractivity contribution in [2.45, 2.75) is 20.4 Å². The first kappa shape index (κ1) is 18.7. The molecule has 1 amide bonds. The van der Waals surface area contributed by atoms with Crippen molar-refractivity contribution in [1.82, 2.24) is 14.9 Å². The molecule has 29 heavy (non-hydrogen) atoms. The monoisotopic (exact) mass is 381 g/mol. The van der Waals surface area contributed by atoms with Crippen LogP contribution < -0.4 is 5.32 Å². The molecular weight excluding hydrogens is 358 g/mol. The van der Waals surface area contributed by atoms with Crippen molar-refractivity contribution < 1.29 is 4.79 Å². The van der Waals surface area contributed by atoms with E-state index in [4.69, 9.17) is 0 Å². The van der Waals surface area contributed by atoms with E-state index < -0.39 is 0 Å². The van der Waals surface area contributed by atoms with Gasteiger partial charge in [-0.2, -0.15) is 0 Å². The lowest BCUT2D eigenvalue weighted by atomic mass is 10.1. The highest BCUT2D eigenvalue weighted by molar-refractivity contribution is 5.97. The maximum Gasteiger partial charge on any atom is 0.253 e. The van der Waals surface area contributed by atoms with E-state index >= 15 is 0 Å². The lowest BCUT2D eigenvalue weighted by Crippen LogP contribution is -2.23. The Morgan fingerprint density at radius 2 is 1.62 bits per heavy atom. The number of aromatic nitrogens is 2. The molecule has 4 heteroatoms. The fourth-order valence-electron chi connectivity index (χ4n) is 3.46. The zero-order chi connectivity index (χ0) is 20.2. The summed E-state index contributed by atoms with van der Waals surface area (Å²) in [6.45, 7) is 4.53. The van der Waals surface area contributed by atoms with Crippen LogP contribution in [0.15, 0.2) is 85.2 Å². The number of pyridine rings is 1. The number of benzene rings is 2. The fourth-order valence-corrected chi connectivity index (χ4v) is 3.46. The molecule has 2 aromatic heterocycles. The Labute approximate surface area is 170 Å². The molecule has 4 rings (SSSR count). The molecule has 0 fully saturated rings. The average Bonchev–Trinajstić information content (AvgIpc) is 3.11. The van der Waals surface area contributed by atoms with Crippen LogP contribution in [0.2, 0.25) is 0 Å². The van der Waals surface area contributed by atoms with E-state index in [1.54, 1.807) is 12.4 Å². The minimum Gasteiger partial charge on any atom is -0.348 e. The second-order valence-corrected chi connectivity index (χ2v) is 7.10. The summed E-state index contributed by atoms with van der Waals surface area (Å²) < 4.78 is 2.15. The number of rotatable bonds is 5. The third kappa shape index (κ3) is 3.97. The normalized spacial score (nSPS) is 10.7. The van der Waals surface area contributed by atoms with E-state index in [0.29, 0.717) is 12.1 Å². The van der Waals surface area contributed by atoms with Gasteiger partial charge in [-0.15, -0.1) is 0 Å². The molecule has 2 aromatic carbocycles. The van der Waals surface area contributed by atoms with Gasteiger partial charge in [0.1, 0.15) is 0 Å². The highest BCUT2D eigenvalue weighted by Crippen LogP contribution is 2.29. The van der Waals surface area contributed by atoms with Crippen LogP contribution in [0, 0.1) is 13.8 Å². The highest BCUT2D eigenvalue weighted by Gasteiger charge is 2.19. The topological polar surface area (TPSA) is 46.9 Å².